The van der Waals surface area contributed by atoms with E-state index in [2.05, 4.69) is 16.0 Å². The molecule has 9 heteroatoms. The smallest absolute Gasteiger partial charge is 0.287 e. The highest BCUT2D eigenvalue weighted by Gasteiger charge is 2.23. The highest BCUT2D eigenvalue weighted by molar-refractivity contribution is 6.36. The van der Waals surface area contributed by atoms with E-state index in [1.165, 1.54) is 24.6 Å². The number of anilines is 1. The monoisotopic (exact) mass is 350 g/mol. The van der Waals surface area contributed by atoms with Gasteiger partial charge < -0.3 is 20.5 Å². The lowest BCUT2D eigenvalue weighted by molar-refractivity contribution is -0.137. The van der Waals surface area contributed by atoms with Crippen LogP contribution in [0.15, 0.2) is 23.1 Å². The molecule has 0 aliphatic heterocycles. The first kappa shape index (κ1) is 20.1. The summed E-state index contributed by atoms with van der Waals surface area (Å²) in [5.74, 6) is -2.56. The molecule has 0 aliphatic rings. The van der Waals surface area contributed by atoms with Gasteiger partial charge >= 0.3 is 0 Å². The highest BCUT2D eigenvalue weighted by atomic mass is 16.2. The molecular weight excluding hydrogens is 328 g/mol. The molecule has 0 radical (unpaired) electrons. The molecule has 9 nitrogen and oxygen atoms in total. The van der Waals surface area contributed by atoms with Crippen LogP contribution in [-0.2, 0) is 25.7 Å². The Hall–Kier alpha value is -2.97. The Kier molecular flexibility index (Phi) is 7.51. The Balaban J connectivity index is 2.87. The number of hydrogen-bond donors (Lipinski definition) is 3. The van der Waals surface area contributed by atoms with Crippen LogP contribution in [0.5, 0.6) is 0 Å². The number of hydrogen-bond acceptors (Lipinski definition) is 5. The van der Waals surface area contributed by atoms with Crippen LogP contribution in [0, 0.1) is 0 Å². The van der Waals surface area contributed by atoms with Crippen LogP contribution in [0.3, 0.4) is 0 Å². The van der Waals surface area contributed by atoms with Crippen molar-refractivity contribution in [2.24, 2.45) is 0 Å². The third-order valence-corrected chi connectivity index (χ3v) is 3.45. The zero-order valence-corrected chi connectivity index (χ0v) is 14.4. The minimum Gasteiger partial charge on any atom is -0.353 e. The normalized spacial score (nSPS) is 11.3. The van der Waals surface area contributed by atoms with E-state index in [1.54, 1.807) is 19.2 Å². The molecule has 136 valence electrons. The molecule has 3 amide bonds. The first-order valence-electron chi connectivity index (χ1n) is 7.82. The number of carbonyl (C=O) groups excluding carboxylic acids is 4. The summed E-state index contributed by atoms with van der Waals surface area (Å²) in [6.45, 7) is 3.46. The maximum absolute atomic E-state index is 12.4. The summed E-state index contributed by atoms with van der Waals surface area (Å²) in [6, 6.07) is 2.02. The lowest BCUT2D eigenvalue weighted by Crippen LogP contribution is -2.44. The van der Waals surface area contributed by atoms with Gasteiger partial charge in [-0.25, -0.2) is 0 Å². The molecule has 0 spiro atoms. The number of Topliss-reactive ketones (excluding diaryl/α,β-unsaturated/α-hetero) is 1. The van der Waals surface area contributed by atoms with Crippen molar-refractivity contribution in [2.45, 2.75) is 39.3 Å². The zero-order chi connectivity index (χ0) is 19.0. The number of ketones is 1. The van der Waals surface area contributed by atoms with Crippen LogP contribution >= 0.6 is 0 Å². The lowest BCUT2D eigenvalue weighted by Gasteiger charge is -2.17. The quantitative estimate of drug-likeness (QED) is 0.540. The maximum atomic E-state index is 12.4. The average molecular weight is 350 g/mol. The predicted octanol–water partition coefficient (Wildman–Crippen LogP) is -0.593. The van der Waals surface area contributed by atoms with Gasteiger partial charge in [0, 0.05) is 33.1 Å². The standard InChI is InChI=1S/C16H22N4O5/c1-4-20-9-5-6-12(16(20)25)19-14(23)11(18-10(2)21)7-8-13(22)15(24)17-3/h5-6,9,11H,4,7-8H2,1-3H3,(H,17,24)(H,18,21)(H,19,23). The molecule has 0 bridgehead atoms. The second-order valence-corrected chi connectivity index (χ2v) is 5.30. The molecule has 1 rings (SSSR count). The molecule has 1 atom stereocenters. The molecule has 1 aromatic heterocycles. The summed E-state index contributed by atoms with van der Waals surface area (Å²) in [7, 11) is 1.33. The van der Waals surface area contributed by atoms with Crippen molar-refractivity contribution in [3.63, 3.8) is 0 Å². The number of aryl methyl sites for hydroxylation is 1. The van der Waals surface area contributed by atoms with Crippen molar-refractivity contribution in [1.82, 2.24) is 15.2 Å². The fourth-order valence-corrected chi connectivity index (χ4v) is 2.14. The largest absolute Gasteiger partial charge is 0.353 e. The third-order valence-electron chi connectivity index (χ3n) is 3.45. The summed E-state index contributed by atoms with van der Waals surface area (Å²) in [4.78, 5) is 58.6. The van der Waals surface area contributed by atoms with Crippen LogP contribution < -0.4 is 21.5 Å². The molecule has 0 fully saturated rings. The molecule has 0 saturated carbocycles. The van der Waals surface area contributed by atoms with Gasteiger partial charge in [0.15, 0.2) is 0 Å². The van der Waals surface area contributed by atoms with Gasteiger partial charge in [0.05, 0.1) is 0 Å². The Morgan fingerprint density at radius 3 is 2.48 bits per heavy atom. The number of likely N-dealkylation sites (N-methyl/N-ethyl adjacent to an activating group) is 1. The molecule has 25 heavy (non-hydrogen) atoms. The van der Waals surface area contributed by atoms with Crippen LogP contribution in [-0.4, -0.2) is 41.2 Å². The molecular formula is C16H22N4O5. The van der Waals surface area contributed by atoms with Gasteiger partial charge in [0.2, 0.25) is 17.6 Å². The van der Waals surface area contributed by atoms with Gasteiger partial charge in [-0.05, 0) is 25.5 Å². The predicted molar refractivity (Wildman–Crippen MR) is 90.9 cm³/mol. The van der Waals surface area contributed by atoms with Crippen molar-refractivity contribution in [3.8, 4) is 0 Å². The van der Waals surface area contributed by atoms with E-state index in [9.17, 15) is 24.0 Å². The molecule has 3 N–H and O–H groups in total. The van der Waals surface area contributed by atoms with Crippen LogP contribution in [0.2, 0.25) is 0 Å². The summed E-state index contributed by atoms with van der Waals surface area (Å²) in [5.41, 5.74) is -0.302. The topological polar surface area (TPSA) is 126 Å². The van der Waals surface area contributed by atoms with Gasteiger partial charge in [-0.15, -0.1) is 0 Å². The minimum absolute atomic E-state index is 0.0630. The number of carbonyl (C=O) groups is 4. The molecule has 0 aromatic carbocycles. The van der Waals surface area contributed by atoms with Crippen molar-refractivity contribution in [3.05, 3.63) is 28.7 Å². The number of nitrogens with one attached hydrogen (secondary N) is 3. The fraction of sp³-hybridized carbons (Fsp3) is 0.438. The Morgan fingerprint density at radius 1 is 1.24 bits per heavy atom. The Morgan fingerprint density at radius 2 is 1.92 bits per heavy atom. The molecule has 0 saturated heterocycles. The Labute approximate surface area is 144 Å². The average Bonchev–Trinajstić information content (AvgIpc) is 2.58. The molecule has 0 aliphatic carbocycles. The van der Waals surface area contributed by atoms with Gasteiger partial charge in [-0.1, -0.05) is 0 Å². The van der Waals surface area contributed by atoms with Crippen LogP contribution in [0.4, 0.5) is 5.69 Å². The third kappa shape index (κ3) is 5.87. The lowest BCUT2D eigenvalue weighted by atomic mass is 10.1. The van der Waals surface area contributed by atoms with E-state index in [4.69, 9.17) is 0 Å². The summed E-state index contributed by atoms with van der Waals surface area (Å²) in [5, 5.41) is 7.07. The molecule has 1 unspecified atom stereocenters. The summed E-state index contributed by atoms with van der Waals surface area (Å²) in [6.07, 6.45) is 1.31. The van der Waals surface area contributed by atoms with Gasteiger partial charge in [0.25, 0.3) is 11.5 Å². The first-order valence-corrected chi connectivity index (χ1v) is 7.82. The first-order chi connectivity index (χ1) is 11.8. The van der Waals surface area contributed by atoms with Crippen molar-refractivity contribution < 1.29 is 19.2 Å². The number of amides is 3. The van der Waals surface area contributed by atoms with E-state index in [-0.39, 0.29) is 24.1 Å². The van der Waals surface area contributed by atoms with E-state index in [0.717, 1.165) is 0 Å². The zero-order valence-electron chi connectivity index (χ0n) is 14.4. The minimum atomic E-state index is -1.04. The van der Waals surface area contributed by atoms with E-state index in [1.807, 2.05) is 0 Å². The van der Waals surface area contributed by atoms with Crippen molar-refractivity contribution >= 4 is 29.2 Å². The van der Waals surface area contributed by atoms with Crippen molar-refractivity contribution in [2.75, 3.05) is 12.4 Å². The maximum Gasteiger partial charge on any atom is 0.287 e. The Bertz CT molecular complexity index is 725. The molecule has 1 heterocycles. The second-order valence-electron chi connectivity index (χ2n) is 5.30. The number of rotatable bonds is 8. The van der Waals surface area contributed by atoms with Gasteiger partial charge in [-0.3, -0.25) is 24.0 Å². The summed E-state index contributed by atoms with van der Waals surface area (Å²) < 4.78 is 1.41. The van der Waals surface area contributed by atoms with Crippen LogP contribution in [0.25, 0.3) is 0 Å². The summed E-state index contributed by atoms with van der Waals surface area (Å²) >= 11 is 0. The van der Waals surface area contributed by atoms with E-state index in [0.29, 0.717) is 6.54 Å². The van der Waals surface area contributed by atoms with E-state index >= 15 is 0 Å². The van der Waals surface area contributed by atoms with Gasteiger partial charge in [-0.2, -0.15) is 0 Å². The van der Waals surface area contributed by atoms with Crippen molar-refractivity contribution in [1.29, 1.82) is 0 Å². The fourth-order valence-electron chi connectivity index (χ4n) is 2.14. The van der Waals surface area contributed by atoms with Crippen LogP contribution in [0.1, 0.15) is 26.7 Å². The highest BCUT2D eigenvalue weighted by Crippen LogP contribution is 2.05. The molecule has 1 aromatic rings. The van der Waals surface area contributed by atoms with Gasteiger partial charge in [0.1, 0.15) is 11.7 Å². The number of pyridine rings is 1. The SMILES string of the molecule is CCn1cccc(NC(=O)C(CCC(=O)C(=O)NC)NC(C)=O)c1=O. The number of aromatic nitrogens is 1. The number of nitrogens with zero attached hydrogens (tertiary/aromatic N) is 1. The second kappa shape index (κ2) is 9.36. The van der Waals surface area contributed by atoms with E-state index < -0.39 is 29.5 Å².